The van der Waals surface area contributed by atoms with E-state index in [0.717, 1.165) is 25.2 Å². The lowest BCUT2D eigenvalue weighted by Gasteiger charge is -2.46. The van der Waals surface area contributed by atoms with Crippen molar-refractivity contribution in [3.05, 3.63) is 18.2 Å². The van der Waals surface area contributed by atoms with Crippen molar-refractivity contribution in [1.82, 2.24) is 0 Å². The van der Waals surface area contributed by atoms with Crippen LogP contribution in [0.5, 0.6) is 11.5 Å². The van der Waals surface area contributed by atoms with Crippen molar-refractivity contribution in [2.75, 3.05) is 19.5 Å². The molecule has 1 saturated heterocycles. The highest BCUT2D eigenvalue weighted by Gasteiger charge is 2.43. The van der Waals surface area contributed by atoms with Crippen molar-refractivity contribution in [2.24, 2.45) is 0 Å². The molecule has 2 N–H and O–H groups in total. The van der Waals surface area contributed by atoms with E-state index in [0.29, 0.717) is 11.4 Å². The molecule has 1 aromatic carbocycles. The predicted molar refractivity (Wildman–Crippen MR) is 73.6 cm³/mol. The first kappa shape index (κ1) is 12.6. The number of nitrogen functional groups attached to an aromatic ring is 1. The molecule has 0 aromatic heterocycles. The lowest BCUT2D eigenvalue weighted by atomic mass is 9.74. The topological polar surface area (TPSA) is 53.7 Å². The van der Waals surface area contributed by atoms with Gasteiger partial charge in [-0.2, -0.15) is 0 Å². The Morgan fingerprint density at radius 2 is 2.21 bits per heavy atom. The van der Waals surface area contributed by atoms with Gasteiger partial charge >= 0.3 is 0 Å². The molecule has 4 heteroatoms. The molecule has 3 rings (SSSR count). The summed E-state index contributed by atoms with van der Waals surface area (Å²) in [6, 6.07) is 5.60. The Labute approximate surface area is 113 Å². The highest BCUT2D eigenvalue weighted by molar-refractivity contribution is 5.56. The fourth-order valence-electron chi connectivity index (χ4n) is 2.98. The van der Waals surface area contributed by atoms with E-state index in [4.69, 9.17) is 19.9 Å². The molecule has 104 valence electrons. The highest BCUT2D eigenvalue weighted by Crippen LogP contribution is 2.43. The van der Waals surface area contributed by atoms with E-state index < -0.39 is 0 Å². The summed E-state index contributed by atoms with van der Waals surface area (Å²) in [5.41, 5.74) is 6.63. The molecular formula is C15H21NO3. The number of hydrogen-bond donors (Lipinski definition) is 1. The minimum Gasteiger partial charge on any atom is -0.495 e. The Bertz CT molecular complexity index is 457. The summed E-state index contributed by atoms with van der Waals surface area (Å²) in [5.74, 6) is 1.51. The third-order valence-electron chi connectivity index (χ3n) is 4.22. The first-order chi connectivity index (χ1) is 9.21. The number of methoxy groups -OCH3 is 1. The zero-order valence-corrected chi connectivity index (χ0v) is 11.4. The van der Waals surface area contributed by atoms with Gasteiger partial charge in [-0.15, -0.1) is 0 Å². The largest absolute Gasteiger partial charge is 0.495 e. The molecule has 0 radical (unpaired) electrons. The summed E-state index contributed by atoms with van der Waals surface area (Å²) in [4.78, 5) is 0. The van der Waals surface area contributed by atoms with Gasteiger partial charge in [-0.05, 0) is 31.4 Å². The summed E-state index contributed by atoms with van der Waals surface area (Å²) in [5, 5.41) is 0. The molecule has 2 aliphatic rings. The van der Waals surface area contributed by atoms with Gasteiger partial charge in [0.15, 0.2) is 0 Å². The normalized spacial score (nSPS) is 24.8. The van der Waals surface area contributed by atoms with Crippen molar-refractivity contribution in [3.63, 3.8) is 0 Å². The van der Waals surface area contributed by atoms with Gasteiger partial charge in [0, 0.05) is 18.9 Å². The van der Waals surface area contributed by atoms with Gasteiger partial charge in [0.05, 0.1) is 25.0 Å². The van der Waals surface area contributed by atoms with Crippen LogP contribution in [0.15, 0.2) is 18.2 Å². The van der Waals surface area contributed by atoms with Crippen LogP contribution in [0.25, 0.3) is 0 Å². The third kappa shape index (κ3) is 2.50. The summed E-state index contributed by atoms with van der Waals surface area (Å²) in [6.07, 6.45) is 5.83. The van der Waals surface area contributed by atoms with E-state index in [9.17, 15) is 0 Å². The van der Waals surface area contributed by atoms with E-state index in [2.05, 4.69) is 0 Å². The molecule has 1 atom stereocenters. The van der Waals surface area contributed by atoms with Crippen molar-refractivity contribution < 1.29 is 14.2 Å². The molecule has 1 aromatic rings. The zero-order valence-electron chi connectivity index (χ0n) is 11.4. The third-order valence-corrected chi connectivity index (χ3v) is 4.22. The fourth-order valence-corrected chi connectivity index (χ4v) is 2.98. The highest BCUT2D eigenvalue weighted by atomic mass is 16.5. The molecule has 1 saturated carbocycles. The van der Waals surface area contributed by atoms with E-state index in [1.807, 2.05) is 18.2 Å². The second-order valence-electron chi connectivity index (χ2n) is 5.52. The second-order valence-corrected chi connectivity index (χ2v) is 5.52. The molecule has 1 spiro atoms. The molecular weight excluding hydrogens is 242 g/mol. The minimum atomic E-state index is 0.112. The Morgan fingerprint density at radius 3 is 2.84 bits per heavy atom. The van der Waals surface area contributed by atoms with Gasteiger partial charge in [0.1, 0.15) is 17.6 Å². The predicted octanol–water partition coefficient (Wildman–Crippen LogP) is 2.76. The van der Waals surface area contributed by atoms with Crippen LogP contribution in [0.3, 0.4) is 0 Å². The lowest BCUT2D eigenvalue weighted by molar-refractivity contribution is -0.153. The van der Waals surface area contributed by atoms with Crippen LogP contribution in [0.2, 0.25) is 0 Å². The second kappa shape index (κ2) is 4.93. The number of nitrogens with two attached hydrogens (primary N) is 1. The maximum atomic E-state index is 6.05. The van der Waals surface area contributed by atoms with E-state index in [1.165, 1.54) is 19.3 Å². The Kier molecular flexibility index (Phi) is 3.27. The van der Waals surface area contributed by atoms with Crippen LogP contribution >= 0.6 is 0 Å². The Morgan fingerprint density at radius 1 is 1.37 bits per heavy atom. The number of anilines is 1. The van der Waals surface area contributed by atoms with E-state index >= 15 is 0 Å². The van der Waals surface area contributed by atoms with E-state index in [-0.39, 0.29) is 11.7 Å². The van der Waals surface area contributed by atoms with Gasteiger partial charge in [-0.3, -0.25) is 0 Å². The Balaban J connectivity index is 1.66. The van der Waals surface area contributed by atoms with Crippen LogP contribution in [-0.2, 0) is 4.74 Å². The van der Waals surface area contributed by atoms with Gasteiger partial charge in [0.2, 0.25) is 0 Å². The zero-order chi connectivity index (χ0) is 13.3. The monoisotopic (exact) mass is 263 g/mol. The molecule has 0 bridgehead atoms. The average Bonchev–Trinajstić information content (AvgIpc) is 2.37. The smallest absolute Gasteiger partial charge is 0.142 e. The van der Waals surface area contributed by atoms with Gasteiger partial charge < -0.3 is 19.9 Å². The summed E-state index contributed by atoms with van der Waals surface area (Å²) < 4.78 is 17.1. The lowest BCUT2D eigenvalue weighted by Crippen LogP contribution is -2.48. The van der Waals surface area contributed by atoms with Crippen molar-refractivity contribution in [2.45, 2.75) is 43.8 Å². The molecule has 19 heavy (non-hydrogen) atoms. The summed E-state index contributed by atoms with van der Waals surface area (Å²) in [6.45, 7) is 0.802. The van der Waals surface area contributed by atoms with Crippen molar-refractivity contribution in [1.29, 1.82) is 0 Å². The average molecular weight is 263 g/mol. The van der Waals surface area contributed by atoms with Crippen molar-refractivity contribution >= 4 is 5.69 Å². The van der Waals surface area contributed by atoms with Crippen molar-refractivity contribution in [3.8, 4) is 11.5 Å². The van der Waals surface area contributed by atoms with Crippen LogP contribution in [0.1, 0.15) is 32.1 Å². The fraction of sp³-hybridized carbons (Fsp3) is 0.600. The first-order valence-corrected chi connectivity index (χ1v) is 6.95. The quantitative estimate of drug-likeness (QED) is 0.852. The number of rotatable bonds is 3. The van der Waals surface area contributed by atoms with Crippen LogP contribution in [-0.4, -0.2) is 25.4 Å². The van der Waals surface area contributed by atoms with Crippen LogP contribution < -0.4 is 15.2 Å². The molecule has 0 amide bonds. The van der Waals surface area contributed by atoms with Gasteiger partial charge in [0.25, 0.3) is 0 Å². The standard InChI is InChI=1S/C15H21NO3/c1-17-14-4-3-11(9-13(14)16)19-12-5-8-18-15(10-12)6-2-7-15/h3-4,9,12H,2,5-8,10,16H2,1H3. The van der Waals surface area contributed by atoms with Gasteiger partial charge in [-0.25, -0.2) is 0 Å². The first-order valence-electron chi connectivity index (χ1n) is 6.95. The van der Waals surface area contributed by atoms with E-state index in [1.54, 1.807) is 7.11 Å². The SMILES string of the molecule is COc1ccc(OC2CCOC3(CCC3)C2)cc1N. The summed E-state index contributed by atoms with van der Waals surface area (Å²) >= 11 is 0. The molecule has 1 heterocycles. The molecule has 2 fully saturated rings. The molecule has 4 nitrogen and oxygen atoms in total. The maximum Gasteiger partial charge on any atom is 0.142 e. The minimum absolute atomic E-state index is 0.112. The molecule has 1 aliphatic heterocycles. The maximum absolute atomic E-state index is 6.05. The summed E-state index contributed by atoms with van der Waals surface area (Å²) in [7, 11) is 1.62. The van der Waals surface area contributed by atoms with Crippen LogP contribution in [0, 0.1) is 0 Å². The molecule has 1 aliphatic carbocycles. The molecule has 1 unspecified atom stereocenters. The van der Waals surface area contributed by atoms with Crippen LogP contribution in [0.4, 0.5) is 5.69 Å². The number of hydrogen-bond acceptors (Lipinski definition) is 4. The number of benzene rings is 1. The number of ether oxygens (including phenoxy) is 3. The Hall–Kier alpha value is -1.42. The van der Waals surface area contributed by atoms with Gasteiger partial charge in [-0.1, -0.05) is 0 Å².